The molecule has 2 amide bonds. The summed E-state index contributed by atoms with van der Waals surface area (Å²) in [7, 11) is 0. The standard InChI is InChI=1S/C15H16F3N5O3/c1-8(2)11-7-12(23-25)21-13(20-11)22-14(24)19-9-3-5-10(6-4-9)26-15(16,17)18/h3-8,25H,1-2H3,(H3,19,20,21,22,23,24). The molecule has 0 saturated heterocycles. The van der Waals surface area contributed by atoms with Gasteiger partial charge in [-0.1, -0.05) is 13.8 Å². The van der Waals surface area contributed by atoms with Crippen LogP contribution in [0.5, 0.6) is 5.75 Å². The van der Waals surface area contributed by atoms with E-state index in [1.807, 2.05) is 19.3 Å². The molecule has 0 spiro atoms. The van der Waals surface area contributed by atoms with Crippen LogP contribution in [-0.2, 0) is 0 Å². The fraction of sp³-hybridized carbons (Fsp3) is 0.267. The number of halogens is 3. The largest absolute Gasteiger partial charge is 0.573 e. The van der Waals surface area contributed by atoms with Crippen LogP contribution in [-0.4, -0.2) is 27.6 Å². The van der Waals surface area contributed by atoms with E-state index in [9.17, 15) is 18.0 Å². The average molecular weight is 371 g/mol. The molecule has 11 heteroatoms. The van der Waals surface area contributed by atoms with Crippen LogP contribution >= 0.6 is 0 Å². The molecule has 0 atom stereocenters. The molecule has 8 nitrogen and oxygen atoms in total. The summed E-state index contributed by atoms with van der Waals surface area (Å²) in [6, 6.07) is 5.42. The molecule has 2 aromatic rings. The van der Waals surface area contributed by atoms with Gasteiger partial charge in [0.1, 0.15) is 5.75 Å². The van der Waals surface area contributed by atoms with Crippen LogP contribution in [0.3, 0.4) is 0 Å². The average Bonchev–Trinajstić information content (AvgIpc) is 2.54. The van der Waals surface area contributed by atoms with E-state index in [0.717, 1.165) is 12.1 Å². The maximum absolute atomic E-state index is 12.1. The van der Waals surface area contributed by atoms with Crippen LogP contribution in [0.2, 0.25) is 0 Å². The van der Waals surface area contributed by atoms with Gasteiger partial charge in [-0.3, -0.25) is 16.0 Å². The number of nitrogens with one attached hydrogen (secondary N) is 3. The second kappa shape index (κ2) is 7.87. The Morgan fingerprint density at radius 3 is 2.35 bits per heavy atom. The maximum Gasteiger partial charge on any atom is 0.573 e. The number of ether oxygens (including phenoxy) is 1. The van der Waals surface area contributed by atoms with E-state index in [1.165, 1.54) is 18.2 Å². The van der Waals surface area contributed by atoms with Crippen molar-refractivity contribution in [1.29, 1.82) is 0 Å². The Labute approximate surface area is 146 Å². The van der Waals surface area contributed by atoms with Gasteiger partial charge in [0, 0.05) is 11.8 Å². The topological polar surface area (TPSA) is 108 Å². The second-order valence-corrected chi connectivity index (χ2v) is 5.42. The molecule has 0 radical (unpaired) electrons. The number of rotatable bonds is 5. The minimum atomic E-state index is -4.79. The van der Waals surface area contributed by atoms with Gasteiger partial charge in [-0.15, -0.1) is 13.2 Å². The number of carbonyl (C=O) groups is 1. The number of urea groups is 1. The highest BCUT2D eigenvalue weighted by Gasteiger charge is 2.30. The molecule has 26 heavy (non-hydrogen) atoms. The number of amides is 2. The van der Waals surface area contributed by atoms with Crippen molar-refractivity contribution in [2.24, 2.45) is 0 Å². The van der Waals surface area contributed by atoms with Crippen molar-refractivity contribution >= 4 is 23.5 Å². The van der Waals surface area contributed by atoms with Crippen molar-refractivity contribution in [2.45, 2.75) is 26.1 Å². The van der Waals surface area contributed by atoms with Crippen LogP contribution < -0.4 is 20.9 Å². The number of benzene rings is 1. The molecule has 140 valence electrons. The van der Waals surface area contributed by atoms with E-state index in [1.54, 1.807) is 0 Å². The molecule has 1 heterocycles. The number of hydrogen-bond donors (Lipinski definition) is 4. The molecule has 4 N–H and O–H groups in total. The Morgan fingerprint density at radius 1 is 1.15 bits per heavy atom. The summed E-state index contributed by atoms with van der Waals surface area (Å²) in [5.41, 5.74) is 2.70. The van der Waals surface area contributed by atoms with Gasteiger partial charge < -0.3 is 10.1 Å². The number of carbonyl (C=O) groups excluding carboxylic acids is 1. The Kier molecular flexibility index (Phi) is 5.82. The van der Waals surface area contributed by atoms with Crippen molar-refractivity contribution in [3.05, 3.63) is 36.0 Å². The molecular formula is C15H16F3N5O3. The Hall–Kier alpha value is -3.08. The van der Waals surface area contributed by atoms with Gasteiger partial charge in [0.25, 0.3) is 0 Å². The molecule has 2 rings (SSSR count). The zero-order valence-electron chi connectivity index (χ0n) is 13.8. The lowest BCUT2D eigenvalue weighted by atomic mass is 10.1. The van der Waals surface area contributed by atoms with Crippen molar-refractivity contribution in [3.63, 3.8) is 0 Å². The van der Waals surface area contributed by atoms with Crippen LogP contribution in [0.15, 0.2) is 30.3 Å². The van der Waals surface area contributed by atoms with Gasteiger partial charge in [-0.2, -0.15) is 4.98 Å². The second-order valence-electron chi connectivity index (χ2n) is 5.42. The predicted octanol–water partition coefficient (Wildman–Crippen LogP) is 3.94. The highest BCUT2D eigenvalue weighted by molar-refractivity contribution is 5.98. The quantitative estimate of drug-likeness (QED) is 0.593. The molecule has 0 aliphatic carbocycles. The molecule has 0 fully saturated rings. The summed E-state index contributed by atoms with van der Waals surface area (Å²) in [6.45, 7) is 3.75. The lowest BCUT2D eigenvalue weighted by Crippen LogP contribution is -2.21. The summed E-state index contributed by atoms with van der Waals surface area (Å²) in [6.07, 6.45) is -4.79. The van der Waals surface area contributed by atoms with Crippen molar-refractivity contribution in [3.8, 4) is 5.75 Å². The number of alkyl halides is 3. The Bertz CT molecular complexity index is 766. The molecule has 1 aromatic heterocycles. The first-order valence-corrected chi connectivity index (χ1v) is 7.39. The Morgan fingerprint density at radius 2 is 1.81 bits per heavy atom. The molecule has 1 aromatic carbocycles. The predicted molar refractivity (Wildman–Crippen MR) is 87.3 cm³/mol. The molecule has 0 aliphatic heterocycles. The number of nitrogens with zero attached hydrogens (tertiary/aromatic N) is 2. The zero-order chi connectivity index (χ0) is 19.3. The molecule has 0 bridgehead atoms. The smallest absolute Gasteiger partial charge is 0.406 e. The van der Waals surface area contributed by atoms with Gasteiger partial charge >= 0.3 is 12.4 Å². The summed E-state index contributed by atoms with van der Waals surface area (Å²) >= 11 is 0. The van der Waals surface area contributed by atoms with Gasteiger partial charge in [0.15, 0.2) is 5.82 Å². The third-order valence-corrected chi connectivity index (χ3v) is 3.02. The molecule has 0 unspecified atom stereocenters. The van der Waals surface area contributed by atoms with E-state index in [0.29, 0.717) is 5.69 Å². The van der Waals surface area contributed by atoms with E-state index in [-0.39, 0.29) is 23.4 Å². The molecular weight excluding hydrogens is 355 g/mol. The summed E-state index contributed by atoms with van der Waals surface area (Å²) < 4.78 is 40.1. The number of anilines is 3. The fourth-order valence-electron chi connectivity index (χ4n) is 1.88. The van der Waals surface area contributed by atoms with Gasteiger partial charge in [-0.05, 0) is 30.2 Å². The van der Waals surface area contributed by atoms with Crippen molar-refractivity contribution < 1.29 is 27.9 Å². The third kappa shape index (κ3) is 5.77. The van der Waals surface area contributed by atoms with Crippen molar-refractivity contribution in [1.82, 2.24) is 9.97 Å². The minimum Gasteiger partial charge on any atom is -0.406 e. The minimum absolute atomic E-state index is 0.0230. The van der Waals surface area contributed by atoms with E-state index >= 15 is 0 Å². The first kappa shape index (κ1) is 19.2. The van der Waals surface area contributed by atoms with Crippen LogP contribution in [0.25, 0.3) is 0 Å². The number of hydrogen-bond acceptors (Lipinski definition) is 6. The third-order valence-electron chi connectivity index (χ3n) is 3.02. The van der Waals surface area contributed by atoms with Crippen LogP contribution in [0.1, 0.15) is 25.5 Å². The van der Waals surface area contributed by atoms with Gasteiger partial charge in [0.2, 0.25) is 5.95 Å². The SMILES string of the molecule is CC(C)c1cc(NO)nc(NC(=O)Nc2ccc(OC(F)(F)F)cc2)n1. The fourth-order valence-corrected chi connectivity index (χ4v) is 1.88. The highest BCUT2D eigenvalue weighted by atomic mass is 19.4. The lowest BCUT2D eigenvalue weighted by Gasteiger charge is -2.12. The van der Waals surface area contributed by atoms with E-state index in [4.69, 9.17) is 5.21 Å². The van der Waals surface area contributed by atoms with Gasteiger partial charge in [0.05, 0.1) is 5.69 Å². The normalized spacial score (nSPS) is 11.2. The summed E-state index contributed by atoms with van der Waals surface area (Å²) in [4.78, 5) is 20.0. The molecule has 0 saturated carbocycles. The van der Waals surface area contributed by atoms with Gasteiger partial charge in [-0.25, -0.2) is 9.78 Å². The maximum atomic E-state index is 12.1. The highest BCUT2D eigenvalue weighted by Crippen LogP contribution is 2.24. The summed E-state index contributed by atoms with van der Waals surface area (Å²) in [5, 5.41) is 13.8. The van der Waals surface area contributed by atoms with Crippen molar-refractivity contribution in [2.75, 3.05) is 16.1 Å². The van der Waals surface area contributed by atoms with Crippen LogP contribution in [0.4, 0.5) is 35.4 Å². The van der Waals surface area contributed by atoms with E-state index in [2.05, 4.69) is 25.3 Å². The Balaban J connectivity index is 2.03. The first-order valence-electron chi connectivity index (χ1n) is 7.39. The monoisotopic (exact) mass is 371 g/mol. The molecule has 0 aliphatic rings. The lowest BCUT2D eigenvalue weighted by molar-refractivity contribution is -0.274. The van der Waals surface area contributed by atoms with E-state index < -0.39 is 18.1 Å². The number of aromatic nitrogens is 2. The summed E-state index contributed by atoms with van der Waals surface area (Å²) in [5.74, 6) is -0.333. The zero-order valence-corrected chi connectivity index (χ0v) is 13.8. The first-order chi connectivity index (χ1) is 12.2. The van der Waals surface area contributed by atoms with Crippen LogP contribution in [0, 0.1) is 0 Å².